The summed E-state index contributed by atoms with van der Waals surface area (Å²) < 4.78 is 0.991. The summed E-state index contributed by atoms with van der Waals surface area (Å²) in [6.45, 7) is 6.07. The minimum absolute atomic E-state index is 0.616. The number of halogens is 1. The highest BCUT2D eigenvalue weighted by atomic mass is 79.9. The molecule has 2 aromatic rings. The van der Waals surface area contributed by atoms with E-state index in [4.69, 9.17) is 0 Å². The van der Waals surface area contributed by atoms with Crippen LogP contribution in [0.2, 0.25) is 0 Å². The van der Waals surface area contributed by atoms with Crippen LogP contribution in [0, 0.1) is 13.8 Å². The maximum atomic E-state index is 10.7. The molecule has 2 heteroatoms. The lowest BCUT2D eigenvalue weighted by Crippen LogP contribution is -2.24. The molecule has 0 saturated carbocycles. The molecule has 1 N–H and O–H groups in total. The highest BCUT2D eigenvalue weighted by Gasteiger charge is 2.23. The fraction of sp³-hybridized carbons (Fsp3) is 0.294. The predicted molar refractivity (Wildman–Crippen MR) is 83.3 cm³/mol. The van der Waals surface area contributed by atoms with E-state index >= 15 is 0 Å². The minimum Gasteiger partial charge on any atom is -0.385 e. The molecule has 0 aromatic heterocycles. The lowest BCUT2D eigenvalue weighted by Gasteiger charge is -2.24. The first-order chi connectivity index (χ1) is 8.88. The van der Waals surface area contributed by atoms with Crippen molar-refractivity contribution in [3.8, 4) is 0 Å². The average Bonchev–Trinajstić information content (AvgIpc) is 2.33. The quantitative estimate of drug-likeness (QED) is 0.882. The van der Waals surface area contributed by atoms with Crippen molar-refractivity contribution in [3.63, 3.8) is 0 Å². The number of aryl methyl sites for hydroxylation is 2. The average molecular weight is 319 g/mol. The Bertz CT molecular complexity index is 588. The van der Waals surface area contributed by atoms with Crippen LogP contribution in [-0.2, 0) is 12.0 Å². The van der Waals surface area contributed by atoms with Crippen LogP contribution >= 0.6 is 15.9 Å². The van der Waals surface area contributed by atoms with E-state index in [0.29, 0.717) is 6.42 Å². The first-order valence-corrected chi connectivity index (χ1v) is 7.22. The molecular formula is C17H19BrO. The Morgan fingerprint density at radius 3 is 2.42 bits per heavy atom. The maximum absolute atomic E-state index is 10.7. The van der Waals surface area contributed by atoms with Gasteiger partial charge in [-0.1, -0.05) is 46.3 Å². The van der Waals surface area contributed by atoms with Gasteiger partial charge in [0.05, 0.1) is 5.60 Å². The summed E-state index contributed by atoms with van der Waals surface area (Å²) in [6.07, 6.45) is 0.616. The van der Waals surface area contributed by atoms with E-state index in [1.54, 1.807) is 0 Å². The van der Waals surface area contributed by atoms with Gasteiger partial charge in [0, 0.05) is 10.9 Å². The molecule has 1 atom stereocenters. The first kappa shape index (κ1) is 14.3. The van der Waals surface area contributed by atoms with E-state index < -0.39 is 5.60 Å². The van der Waals surface area contributed by atoms with Gasteiger partial charge in [0.1, 0.15) is 0 Å². The molecule has 0 radical (unpaired) electrons. The Morgan fingerprint density at radius 1 is 1.05 bits per heavy atom. The molecule has 0 bridgehead atoms. The van der Waals surface area contributed by atoms with Crippen molar-refractivity contribution >= 4 is 15.9 Å². The van der Waals surface area contributed by atoms with Crippen molar-refractivity contribution in [2.75, 3.05) is 0 Å². The summed E-state index contributed by atoms with van der Waals surface area (Å²) in [5.74, 6) is 0. The standard InChI is InChI=1S/C17H19BrO/c1-12-7-8-14(9-13(12)2)11-17(3,19)15-5-4-6-16(18)10-15/h4-10,19H,11H2,1-3H3. The van der Waals surface area contributed by atoms with E-state index in [-0.39, 0.29) is 0 Å². The molecule has 0 saturated heterocycles. The number of hydrogen-bond acceptors (Lipinski definition) is 1. The summed E-state index contributed by atoms with van der Waals surface area (Å²) in [5, 5.41) is 10.7. The Balaban J connectivity index is 2.27. The second-order valence-electron chi connectivity index (χ2n) is 5.38. The summed E-state index contributed by atoms with van der Waals surface area (Å²) in [7, 11) is 0. The van der Waals surface area contributed by atoms with Gasteiger partial charge >= 0.3 is 0 Å². The van der Waals surface area contributed by atoms with Crippen molar-refractivity contribution in [2.45, 2.75) is 32.8 Å². The molecule has 19 heavy (non-hydrogen) atoms. The normalized spacial score (nSPS) is 14.2. The number of aliphatic hydroxyl groups is 1. The van der Waals surface area contributed by atoms with E-state index in [2.05, 4.69) is 48.0 Å². The van der Waals surface area contributed by atoms with Gasteiger partial charge in [0.25, 0.3) is 0 Å². The molecule has 0 aliphatic heterocycles. The van der Waals surface area contributed by atoms with Gasteiger partial charge in [0.15, 0.2) is 0 Å². The molecule has 2 rings (SSSR count). The van der Waals surface area contributed by atoms with E-state index in [1.165, 1.54) is 11.1 Å². The zero-order valence-electron chi connectivity index (χ0n) is 11.6. The third kappa shape index (κ3) is 3.46. The molecule has 0 spiro atoms. The minimum atomic E-state index is -0.856. The van der Waals surface area contributed by atoms with Crippen molar-refractivity contribution < 1.29 is 5.11 Å². The second kappa shape index (κ2) is 5.48. The van der Waals surface area contributed by atoms with Gasteiger partial charge in [-0.15, -0.1) is 0 Å². The van der Waals surface area contributed by atoms with Gasteiger partial charge in [-0.05, 0) is 55.2 Å². The van der Waals surface area contributed by atoms with E-state index in [1.807, 2.05) is 31.2 Å². The van der Waals surface area contributed by atoms with Gasteiger partial charge in [-0.3, -0.25) is 0 Å². The van der Waals surface area contributed by atoms with Gasteiger partial charge in [-0.25, -0.2) is 0 Å². The smallest absolute Gasteiger partial charge is 0.0909 e. The van der Waals surface area contributed by atoms with Gasteiger partial charge < -0.3 is 5.11 Å². The SMILES string of the molecule is Cc1ccc(CC(C)(O)c2cccc(Br)c2)cc1C. The maximum Gasteiger partial charge on any atom is 0.0909 e. The highest BCUT2D eigenvalue weighted by Crippen LogP contribution is 2.28. The molecule has 1 unspecified atom stereocenters. The summed E-state index contributed by atoms with van der Waals surface area (Å²) >= 11 is 3.45. The Kier molecular flexibility index (Phi) is 4.12. The largest absolute Gasteiger partial charge is 0.385 e. The Hall–Kier alpha value is -1.12. The van der Waals surface area contributed by atoms with Gasteiger partial charge in [0.2, 0.25) is 0 Å². The zero-order chi connectivity index (χ0) is 14.0. The van der Waals surface area contributed by atoms with E-state index in [0.717, 1.165) is 15.6 Å². The van der Waals surface area contributed by atoms with Crippen LogP contribution in [0.5, 0.6) is 0 Å². The predicted octanol–water partition coefficient (Wildman–Crippen LogP) is 4.52. The molecule has 1 nitrogen and oxygen atoms in total. The first-order valence-electron chi connectivity index (χ1n) is 6.43. The van der Waals surface area contributed by atoms with Gasteiger partial charge in [-0.2, -0.15) is 0 Å². The molecular weight excluding hydrogens is 300 g/mol. The van der Waals surface area contributed by atoms with Crippen LogP contribution in [0.1, 0.15) is 29.2 Å². The Morgan fingerprint density at radius 2 is 1.79 bits per heavy atom. The fourth-order valence-corrected chi connectivity index (χ4v) is 2.64. The van der Waals surface area contributed by atoms with Crippen LogP contribution in [-0.4, -0.2) is 5.11 Å². The van der Waals surface area contributed by atoms with Crippen LogP contribution in [0.25, 0.3) is 0 Å². The molecule has 0 aliphatic rings. The lowest BCUT2D eigenvalue weighted by molar-refractivity contribution is 0.0575. The van der Waals surface area contributed by atoms with Crippen molar-refractivity contribution in [1.82, 2.24) is 0 Å². The number of benzene rings is 2. The topological polar surface area (TPSA) is 20.2 Å². The molecule has 0 aliphatic carbocycles. The lowest BCUT2D eigenvalue weighted by atomic mass is 9.88. The third-order valence-electron chi connectivity index (χ3n) is 3.57. The molecule has 0 heterocycles. The summed E-state index contributed by atoms with van der Waals surface area (Å²) in [4.78, 5) is 0. The van der Waals surface area contributed by atoms with Crippen LogP contribution < -0.4 is 0 Å². The number of rotatable bonds is 3. The number of hydrogen-bond donors (Lipinski definition) is 1. The highest BCUT2D eigenvalue weighted by molar-refractivity contribution is 9.10. The monoisotopic (exact) mass is 318 g/mol. The molecule has 0 fully saturated rings. The van der Waals surface area contributed by atoms with Crippen LogP contribution in [0.3, 0.4) is 0 Å². The van der Waals surface area contributed by atoms with Crippen molar-refractivity contribution in [1.29, 1.82) is 0 Å². The fourth-order valence-electron chi connectivity index (χ4n) is 2.24. The van der Waals surface area contributed by atoms with Crippen LogP contribution in [0.15, 0.2) is 46.9 Å². The molecule has 2 aromatic carbocycles. The Labute approximate surface area is 123 Å². The van der Waals surface area contributed by atoms with E-state index in [9.17, 15) is 5.11 Å². The second-order valence-corrected chi connectivity index (χ2v) is 6.30. The van der Waals surface area contributed by atoms with Crippen LogP contribution in [0.4, 0.5) is 0 Å². The van der Waals surface area contributed by atoms with Crippen molar-refractivity contribution in [2.24, 2.45) is 0 Å². The molecule has 100 valence electrons. The van der Waals surface area contributed by atoms with Crippen molar-refractivity contribution in [3.05, 3.63) is 69.2 Å². The zero-order valence-corrected chi connectivity index (χ0v) is 13.2. The molecule has 0 amide bonds. The summed E-state index contributed by atoms with van der Waals surface area (Å²) in [5.41, 5.74) is 3.78. The summed E-state index contributed by atoms with van der Waals surface area (Å²) in [6, 6.07) is 14.2. The third-order valence-corrected chi connectivity index (χ3v) is 4.06.